The van der Waals surface area contributed by atoms with E-state index in [9.17, 15) is 4.79 Å². The van der Waals surface area contributed by atoms with Crippen molar-refractivity contribution in [2.45, 2.75) is 13.3 Å². The maximum Gasteiger partial charge on any atom is 0.261 e. The number of pyridine rings is 1. The predicted octanol–water partition coefficient (Wildman–Crippen LogP) is 3.50. The first-order chi connectivity index (χ1) is 12.2. The third kappa shape index (κ3) is 3.92. The number of ether oxygens (including phenoxy) is 1. The Bertz CT molecular complexity index is 881. The Kier molecular flexibility index (Phi) is 5.20. The summed E-state index contributed by atoms with van der Waals surface area (Å²) in [5, 5.41) is 15.2. The molecule has 0 aliphatic rings. The van der Waals surface area contributed by atoms with Crippen LogP contribution in [-0.2, 0) is 6.42 Å². The van der Waals surface area contributed by atoms with Crippen molar-refractivity contribution in [2.75, 3.05) is 17.7 Å². The fourth-order valence-corrected chi connectivity index (χ4v) is 2.85. The molecule has 7 nitrogen and oxygen atoms in total. The Morgan fingerprint density at radius 1 is 1.20 bits per heavy atom. The van der Waals surface area contributed by atoms with E-state index >= 15 is 0 Å². The molecule has 0 aliphatic heterocycles. The molecule has 1 aromatic carbocycles. The van der Waals surface area contributed by atoms with Crippen LogP contribution in [0, 0.1) is 0 Å². The second kappa shape index (κ2) is 7.71. The number of anilines is 3. The van der Waals surface area contributed by atoms with Crippen LogP contribution in [-0.4, -0.2) is 28.2 Å². The number of amides is 1. The number of carbonyl (C=O) groups is 1. The second-order valence-electron chi connectivity index (χ2n) is 5.03. The Morgan fingerprint density at radius 2 is 2.04 bits per heavy atom. The number of hydrogen-bond donors (Lipinski definition) is 2. The van der Waals surface area contributed by atoms with Gasteiger partial charge < -0.3 is 10.1 Å². The minimum atomic E-state index is -0.302. The normalized spacial score (nSPS) is 10.3. The van der Waals surface area contributed by atoms with E-state index in [2.05, 4.69) is 25.8 Å². The number of benzene rings is 1. The number of aryl methyl sites for hydroxylation is 1. The van der Waals surface area contributed by atoms with Gasteiger partial charge in [0.15, 0.2) is 0 Å². The quantitative estimate of drug-likeness (QED) is 0.703. The summed E-state index contributed by atoms with van der Waals surface area (Å²) in [6, 6.07) is 10.8. The standard InChI is InChI=1S/C17H17N5O2S/c1-3-14-21-22-17(25-14)20-16(23)11-7-6-10-18-15(11)19-12-8-4-5-9-13(12)24-2/h4-10H,3H2,1-2H3,(H,18,19)(H,20,22,23). The van der Waals surface area contributed by atoms with Crippen molar-refractivity contribution in [1.29, 1.82) is 0 Å². The Labute approximate surface area is 149 Å². The highest BCUT2D eigenvalue weighted by Gasteiger charge is 2.15. The molecule has 0 saturated heterocycles. The lowest BCUT2D eigenvalue weighted by Crippen LogP contribution is -2.14. The monoisotopic (exact) mass is 355 g/mol. The Balaban J connectivity index is 1.84. The van der Waals surface area contributed by atoms with Gasteiger partial charge in [0.05, 0.1) is 18.4 Å². The maximum absolute atomic E-state index is 12.6. The fourth-order valence-electron chi connectivity index (χ4n) is 2.18. The van der Waals surface area contributed by atoms with Crippen LogP contribution in [0.5, 0.6) is 5.75 Å². The first-order valence-electron chi connectivity index (χ1n) is 7.70. The van der Waals surface area contributed by atoms with Crippen LogP contribution in [0.1, 0.15) is 22.3 Å². The number of nitrogens with one attached hydrogen (secondary N) is 2. The average Bonchev–Trinajstić information content (AvgIpc) is 3.10. The summed E-state index contributed by atoms with van der Waals surface area (Å²) in [7, 11) is 1.59. The van der Waals surface area contributed by atoms with Gasteiger partial charge in [-0.1, -0.05) is 30.4 Å². The molecular weight excluding hydrogens is 338 g/mol. The van der Waals surface area contributed by atoms with Gasteiger partial charge in [-0.05, 0) is 30.7 Å². The van der Waals surface area contributed by atoms with E-state index in [1.54, 1.807) is 25.4 Å². The molecule has 0 aliphatic carbocycles. The summed E-state index contributed by atoms with van der Waals surface area (Å²) >= 11 is 1.36. The van der Waals surface area contributed by atoms with Crippen molar-refractivity contribution in [3.05, 3.63) is 53.2 Å². The molecule has 3 rings (SSSR count). The van der Waals surface area contributed by atoms with Crippen molar-refractivity contribution in [2.24, 2.45) is 0 Å². The van der Waals surface area contributed by atoms with E-state index in [0.717, 1.165) is 17.1 Å². The van der Waals surface area contributed by atoms with Crippen molar-refractivity contribution in [3.8, 4) is 5.75 Å². The summed E-state index contributed by atoms with van der Waals surface area (Å²) < 4.78 is 5.32. The van der Waals surface area contributed by atoms with Crippen LogP contribution < -0.4 is 15.4 Å². The average molecular weight is 355 g/mol. The van der Waals surface area contributed by atoms with Gasteiger partial charge in [0, 0.05) is 6.20 Å². The van der Waals surface area contributed by atoms with Crippen LogP contribution in [0.3, 0.4) is 0 Å². The number of para-hydroxylation sites is 2. The smallest absolute Gasteiger partial charge is 0.261 e. The lowest BCUT2D eigenvalue weighted by atomic mass is 10.2. The van der Waals surface area contributed by atoms with Crippen LogP contribution in [0.25, 0.3) is 0 Å². The molecule has 2 N–H and O–H groups in total. The van der Waals surface area contributed by atoms with Crippen molar-refractivity contribution < 1.29 is 9.53 Å². The SMILES string of the molecule is CCc1nnc(NC(=O)c2cccnc2Nc2ccccc2OC)s1. The van der Waals surface area contributed by atoms with Crippen LogP contribution >= 0.6 is 11.3 Å². The van der Waals surface area contributed by atoms with Gasteiger partial charge >= 0.3 is 0 Å². The highest BCUT2D eigenvalue weighted by atomic mass is 32.1. The molecule has 128 valence electrons. The second-order valence-corrected chi connectivity index (χ2v) is 6.10. The third-order valence-electron chi connectivity index (χ3n) is 3.40. The number of carbonyl (C=O) groups excluding carboxylic acids is 1. The van der Waals surface area contributed by atoms with Crippen molar-refractivity contribution >= 4 is 33.9 Å². The lowest BCUT2D eigenvalue weighted by molar-refractivity contribution is 0.102. The highest BCUT2D eigenvalue weighted by Crippen LogP contribution is 2.28. The number of hydrogen-bond acceptors (Lipinski definition) is 7. The number of rotatable bonds is 6. The molecule has 0 bridgehead atoms. The van der Waals surface area contributed by atoms with E-state index in [1.165, 1.54) is 11.3 Å². The van der Waals surface area contributed by atoms with Crippen LogP contribution in [0.2, 0.25) is 0 Å². The first kappa shape index (κ1) is 16.8. The highest BCUT2D eigenvalue weighted by molar-refractivity contribution is 7.15. The van der Waals surface area contributed by atoms with Gasteiger partial charge in [-0.15, -0.1) is 10.2 Å². The lowest BCUT2D eigenvalue weighted by Gasteiger charge is -2.12. The molecule has 3 aromatic rings. The van der Waals surface area contributed by atoms with Crippen molar-refractivity contribution in [3.63, 3.8) is 0 Å². The van der Waals surface area contributed by atoms with E-state index in [4.69, 9.17) is 4.74 Å². The van der Waals surface area contributed by atoms with E-state index < -0.39 is 0 Å². The van der Waals surface area contributed by atoms with Gasteiger partial charge in [0.2, 0.25) is 5.13 Å². The fraction of sp³-hybridized carbons (Fsp3) is 0.176. The van der Waals surface area contributed by atoms with E-state index in [1.807, 2.05) is 31.2 Å². The van der Waals surface area contributed by atoms with Gasteiger partial charge in [-0.25, -0.2) is 4.98 Å². The predicted molar refractivity (Wildman–Crippen MR) is 97.8 cm³/mol. The van der Waals surface area contributed by atoms with Crippen molar-refractivity contribution in [1.82, 2.24) is 15.2 Å². The number of methoxy groups -OCH3 is 1. The molecule has 0 saturated carbocycles. The topological polar surface area (TPSA) is 89.0 Å². The van der Waals surface area contributed by atoms with Crippen LogP contribution in [0.4, 0.5) is 16.6 Å². The molecule has 0 fully saturated rings. The molecule has 25 heavy (non-hydrogen) atoms. The number of nitrogens with zero attached hydrogens (tertiary/aromatic N) is 3. The molecule has 0 atom stereocenters. The molecular formula is C17H17N5O2S. The van der Waals surface area contributed by atoms with Gasteiger partial charge in [0.1, 0.15) is 16.6 Å². The van der Waals surface area contributed by atoms with Gasteiger partial charge in [0.25, 0.3) is 5.91 Å². The van der Waals surface area contributed by atoms with E-state index in [-0.39, 0.29) is 5.91 Å². The van der Waals surface area contributed by atoms with Gasteiger partial charge in [-0.3, -0.25) is 10.1 Å². The zero-order valence-electron chi connectivity index (χ0n) is 13.8. The minimum absolute atomic E-state index is 0.302. The molecule has 2 heterocycles. The largest absolute Gasteiger partial charge is 0.495 e. The molecule has 1 amide bonds. The summed E-state index contributed by atoms with van der Waals surface area (Å²) in [4.78, 5) is 16.9. The number of aromatic nitrogens is 3. The molecule has 0 unspecified atom stereocenters. The molecule has 0 spiro atoms. The molecule has 0 radical (unpaired) electrons. The van der Waals surface area contributed by atoms with E-state index in [0.29, 0.717) is 22.3 Å². The summed E-state index contributed by atoms with van der Waals surface area (Å²) in [5.41, 5.74) is 1.13. The summed E-state index contributed by atoms with van der Waals surface area (Å²) in [6.07, 6.45) is 2.40. The zero-order valence-corrected chi connectivity index (χ0v) is 14.6. The van der Waals surface area contributed by atoms with Gasteiger partial charge in [-0.2, -0.15) is 0 Å². The third-order valence-corrected chi connectivity index (χ3v) is 4.39. The molecule has 2 aromatic heterocycles. The summed E-state index contributed by atoms with van der Waals surface area (Å²) in [5.74, 6) is 0.797. The Hall–Kier alpha value is -3.00. The van der Waals surface area contributed by atoms with Crippen LogP contribution in [0.15, 0.2) is 42.6 Å². The zero-order chi connectivity index (χ0) is 17.6. The minimum Gasteiger partial charge on any atom is -0.495 e. The molecule has 8 heteroatoms. The summed E-state index contributed by atoms with van der Waals surface area (Å²) in [6.45, 7) is 1.99. The maximum atomic E-state index is 12.6. The first-order valence-corrected chi connectivity index (χ1v) is 8.51. The Morgan fingerprint density at radius 3 is 2.80 bits per heavy atom.